The van der Waals surface area contributed by atoms with Gasteiger partial charge in [0, 0.05) is 18.4 Å². The Balaban J connectivity index is 2.70. The smallest absolute Gasteiger partial charge is 0.303 e. The average molecular weight is 238 g/mol. The van der Waals surface area contributed by atoms with E-state index in [0.29, 0.717) is 11.1 Å². The van der Waals surface area contributed by atoms with Crippen LogP contribution in [0, 0.1) is 18.7 Å². The minimum Gasteiger partial charge on any atom is -0.481 e. The quantitative estimate of drug-likeness (QED) is 0.802. The van der Waals surface area contributed by atoms with Gasteiger partial charge in [0.15, 0.2) is 5.78 Å². The molecule has 1 atom stereocenters. The zero-order valence-corrected chi connectivity index (χ0v) is 9.87. The third-order valence-electron chi connectivity index (χ3n) is 2.55. The number of benzene rings is 1. The van der Waals surface area contributed by atoms with Crippen molar-refractivity contribution in [3.63, 3.8) is 0 Å². The van der Waals surface area contributed by atoms with E-state index in [1.807, 2.05) is 0 Å². The van der Waals surface area contributed by atoms with E-state index in [4.69, 9.17) is 5.11 Å². The molecule has 1 N–H and O–H groups in total. The lowest BCUT2D eigenvalue weighted by Gasteiger charge is -2.08. The van der Waals surface area contributed by atoms with E-state index in [1.54, 1.807) is 26.0 Å². The summed E-state index contributed by atoms with van der Waals surface area (Å²) in [5, 5.41) is 8.58. The highest BCUT2D eigenvalue weighted by Crippen LogP contribution is 2.15. The maximum Gasteiger partial charge on any atom is 0.303 e. The van der Waals surface area contributed by atoms with Crippen LogP contribution in [0.4, 0.5) is 4.39 Å². The van der Waals surface area contributed by atoms with Crippen LogP contribution in [0.2, 0.25) is 0 Å². The molecule has 1 rings (SSSR count). The van der Waals surface area contributed by atoms with Crippen molar-refractivity contribution in [2.45, 2.75) is 26.7 Å². The van der Waals surface area contributed by atoms with E-state index in [1.165, 1.54) is 6.07 Å². The Labute approximate surface area is 99.3 Å². The fourth-order valence-corrected chi connectivity index (χ4v) is 1.57. The Bertz CT molecular complexity index is 440. The molecule has 0 aliphatic carbocycles. The molecule has 0 amide bonds. The van der Waals surface area contributed by atoms with E-state index in [9.17, 15) is 14.0 Å². The SMILES string of the molecule is Cc1ccc(C(=O)CC(C)CC(=O)O)cc1F. The highest BCUT2D eigenvalue weighted by atomic mass is 19.1. The molecule has 0 aliphatic heterocycles. The first-order valence-electron chi connectivity index (χ1n) is 5.41. The van der Waals surface area contributed by atoms with Gasteiger partial charge in [0.25, 0.3) is 0 Å². The zero-order valence-electron chi connectivity index (χ0n) is 9.87. The molecule has 17 heavy (non-hydrogen) atoms. The maximum atomic E-state index is 13.2. The molecule has 0 spiro atoms. The number of ketones is 1. The Hall–Kier alpha value is -1.71. The molecule has 0 heterocycles. The number of aliphatic carboxylic acids is 1. The lowest BCUT2D eigenvalue weighted by molar-refractivity contribution is -0.137. The van der Waals surface area contributed by atoms with Crippen molar-refractivity contribution in [3.8, 4) is 0 Å². The van der Waals surface area contributed by atoms with Gasteiger partial charge in [-0.2, -0.15) is 0 Å². The van der Waals surface area contributed by atoms with Crippen molar-refractivity contribution in [3.05, 3.63) is 35.1 Å². The summed E-state index contributed by atoms with van der Waals surface area (Å²) in [7, 11) is 0. The van der Waals surface area contributed by atoms with Gasteiger partial charge in [-0.05, 0) is 24.5 Å². The van der Waals surface area contributed by atoms with Crippen LogP contribution in [0.1, 0.15) is 35.7 Å². The molecular weight excluding hydrogens is 223 g/mol. The highest BCUT2D eigenvalue weighted by molar-refractivity contribution is 5.96. The number of carbonyl (C=O) groups is 2. The fourth-order valence-electron chi connectivity index (χ4n) is 1.57. The van der Waals surface area contributed by atoms with Gasteiger partial charge in [-0.25, -0.2) is 4.39 Å². The Kier molecular flexibility index (Phi) is 4.37. The third kappa shape index (κ3) is 3.98. The number of rotatable bonds is 5. The third-order valence-corrected chi connectivity index (χ3v) is 2.55. The zero-order chi connectivity index (χ0) is 13.0. The topological polar surface area (TPSA) is 54.4 Å². The van der Waals surface area contributed by atoms with Crippen molar-refractivity contribution < 1.29 is 19.1 Å². The monoisotopic (exact) mass is 238 g/mol. The Morgan fingerprint density at radius 1 is 1.35 bits per heavy atom. The summed E-state index contributed by atoms with van der Waals surface area (Å²) in [5.41, 5.74) is 0.783. The second kappa shape index (κ2) is 5.57. The number of hydrogen-bond acceptors (Lipinski definition) is 2. The minimum absolute atomic E-state index is 0.0555. The fraction of sp³-hybridized carbons (Fsp3) is 0.385. The molecule has 1 aromatic rings. The van der Waals surface area contributed by atoms with Crippen molar-refractivity contribution >= 4 is 11.8 Å². The molecule has 3 nitrogen and oxygen atoms in total. The van der Waals surface area contributed by atoms with Crippen LogP contribution in [-0.4, -0.2) is 16.9 Å². The van der Waals surface area contributed by atoms with Crippen LogP contribution in [0.5, 0.6) is 0 Å². The number of carboxylic acid groups (broad SMARTS) is 1. The molecule has 0 radical (unpaired) electrons. The lowest BCUT2D eigenvalue weighted by atomic mass is 9.96. The molecule has 0 fully saturated rings. The summed E-state index contributed by atoms with van der Waals surface area (Å²) in [6.45, 7) is 3.31. The van der Waals surface area contributed by atoms with Crippen LogP contribution < -0.4 is 0 Å². The summed E-state index contributed by atoms with van der Waals surface area (Å²) in [5.74, 6) is -1.82. The van der Waals surface area contributed by atoms with Gasteiger partial charge in [-0.3, -0.25) is 9.59 Å². The minimum atomic E-state index is -0.930. The summed E-state index contributed by atoms with van der Waals surface area (Å²) in [4.78, 5) is 22.2. The second-order valence-electron chi connectivity index (χ2n) is 4.29. The van der Waals surface area contributed by atoms with Gasteiger partial charge in [0.1, 0.15) is 5.82 Å². The molecule has 0 saturated carbocycles. The molecule has 1 unspecified atom stereocenters. The standard InChI is InChI=1S/C13H15FO3/c1-8(6-13(16)17)5-12(15)10-4-3-9(2)11(14)7-10/h3-4,7-8H,5-6H2,1-2H3,(H,16,17). The molecule has 1 aromatic carbocycles. The Morgan fingerprint density at radius 3 is 2.53 bits per heavy atom. The number of carbonyl (C=O) groups excluding carboxylic acids is 1. The van der Waals surface area contributed by atoms with Gasteiger partial charge in [0.2, 0.25) is 0 Å². The largest absolute Gasteiger partial charge is 0.481 e. The first-order valence-corrected chi connectivity index (χ1v) is 5.41. The van der Waals surface area contributed by atoms with Gasteiger partial charge in [0.05, 0.1) is 0 Å². The lowest BCUT2D eigenvalue weighted by Crippen LogP contribution is -2.10. The van der Waals surface area contributed by atoms with E-state index < -0.39 is 11.8 Å². The predicted molar refractivity (Wildman–Crippen MR) is 61.5 cm³/mol. The number of aryl methyl sites for hydroxylation is 1. The van der Waals surface area contributed by atoms with Crippen LogP contribution >= 0.6 is 0 Å². The van der Waals surface area contributed by atoms with Gasteiger partial charge in [-0.15, -0.1) is 0 Å². The number of Topliss-reactive ketones (excluding diaryl/α,β-unsaturated/α-hetero) is 1. The maximum absolute atomic E-state index is 13.2. The second-order valence-corrected chi connectivity index (χ2v) is 4.29. The van der Waals surface area contributed by atoms with E-state index >= 15 is 0 Å². The molecule has 0 bridgehead atoms. The van der Waals surface area contributed by atoms with Gasteiger partial charge < -0.3 is 5.11 Å². The summed E-state index contributed by atoms with van der Waals surface area (Å²) < 4.78 is 13.2. The average Bonchev–Trinajstić information content (AvgIpc) is 2.20. The molecule has 92 valence electrons. The van der Waals surface area contributed by atoms with Crippen molar-refractivity contribution in [2.75, 3.05) is 0 Å². The molecule has 0 aliphatic rings. The summed E-state index contributed by atoms with van der Waals surface area (Å²) in [6.07, 6.45) is 0.0644. The Morgan fingerprint density at radius 2 is 2.00 bits per heavy atom. The van der Waals surface area contributed by atoms with Crippen LogP contribution in [-0.2, 0) is 4.79 Å². The molecule has 0 aromatic heterocycles. The normalized spacial score (nSPS) is 12.2. The van der Waals surface area contributed by atoms with Crippen molar-refractivity contribution in [2.24, 2.45) is 5.92 Å². The van der Waals surface area contributed by atoms with Gasteiger partial charge >= 0.3 is 5.97 Å². The van der Waals surface area contributed by atoms with Crippen molar-refractivity contribution in [1.82, 2.24) is 0 Å². The predicted octanol–water partition coefficient (Wildman–Crippen LogP) is 2.82. The number of halogens is 1. The van der Waals surface area contributed by atoms with Crippen molar-refractivity contribution in [1.29, 1.82) is 0 Å². The number of carboxylic acids is 1. The highest BCUT2D eigenvalue weighted by Gasteiger charge is 2.14. The van der Waals surface area contributed by atoms with E-state index in [0.717, 1.165) is 0 Å². The summed E-state index contributed by atoms with van der Waals surface area (Å²) >= 11 is 0. The first kappa shape index (κ1) is 13.4. The molecule has 0 saturated heterocycles. The van der Waals surface area contributed by atoms with Crippen LogP contribution in [0.25, 0.3) is 0 Å². The van der Waals surface area contributed by atoms with E-state index in [2.05, 4.69) is 0 Å². The van der Waals surface area contributed by atoms with Crippen LogP contribution in [0.15, 0.2) is 18.2 Å². The number of hydrogen-bond donors (Lipinski definition) is 1. The van der Waals surface area contributed by atoms with Crippen LogP contribution in [0.3, 0.4) is 0 Å². The van der Waals surface area contributed by atoms with E-state index in [-0.39, 0.29) is 24.5 Å². The first-order chi connectivity index (χ1) is 7.90. The summed E-state index contributed by atoms with van der Waals surface area (Å²) in [6, 6.07) is 4.31. The molecular formula is C13H15FO3. The molecule has 4 heteroatoms. The van der Waals surface area contributed by atoms with Gasteiger partial charge in [-0.1, -0.05) is 19.1 Å².